The highest BCUT2D eigenvalue weighted by atomic mass is 28.3. The van der Waals surface area contributed by atoms with Crippen molar-refractivity contribution >= 4 is 31.8 Å². The highest BCUT2D eigenvalue weighted by Gasteiger charge is 2.54. The lowest BCUT2D eigenvalue weighted by Gasteiger charge is -2.49. The Kier molecular flexibility index (Phi) is 7.88. The minimum atomic E-state index is -1.72. The number of carbonyl (C=O) groups excluding carboxylic acids is 3. The van der Waals surface area contributed by atoms with Gasteiger partial charge in [-0.05, 0) is 44.2 Å². The molecule has 1 fully saturated rings. The number of esters is 1. The molecule has 0 aromatic heterocycles. The average molecular weight is 539 g/mol. The molecule has 0 bridgehead atoms. The van der Waals surface area contributed by atoms with Crippen molar-refractivity contribution in [3.05, 3.63) is 47.0 Å². The number of hydrogen-bond donors (Lipinski definition) is 2. The van der Waals surface area contributed by atoms with Crippen LogP contribution in [0.5, 0.6) is 0 Å². The Morgan fingerprint density at radius 2 is 1.82 bits per heavy atom. The number of carbonyl (C=O) groups is 3. The average Bonchev–Trinajstić information content (AvgIpc) is 3.33. The van der Waals surface area contributed by atoms with Crippen LogP contribution >= 0.6 is 0 Å². The van der Waals surface area contributed by atoms with Gasteiger partial charge in [0.05, 0.1) is 32.7 Å². The van der Waals surface area contributed by atoms with Gasteiger partial charge in [0.1, 0.15) is 12.4 Å². The van der Waals surface area contributed by atoms with Crippen molar-refractivity contribution in [2.75, 3.05) is 19.7 Å². The molecule has 0 radical (unpaired) electrons. The fourth-order valence-corrected chi connectivity index (χ4v) is 8.44. The van der Waals surface area contributed by atoms with Crippen molar-refractivity contribution in [3.8, 4) is 0 Å². The molecule has 1 aromatic rings. The van der Waals surface area contributed by atoms with Gasteiger partial charge in [-0.3, -0.25) is 14.6 Å². The van der Waals surface area contributed by atoms with Crippen LogP contribution in [0.2, 0.25) is 24.7 Å². The maximum atomic E-state index is 13.6. The SMILES string of the molecule is CCCC(=O)OC[C@@H](NC(=O)N1CC2=C(CN=C2NC(=O)C2([Si](C)(C)C)CCC2)C1(C)C)c1ccccc1. The van der Waals surface area contributed by atoms with E-state index >= 15 is 0 Å². The largest absolute Gasteiger partial charge is 0.463 e. The summed E-state index contributed by atoms with van der Waals surface area (Å²) in [6.07, 6.45) is 4.03. The number of ether oxygens (including phenoxy) is 1. The number of aliphatic imine (C=N–C) groups is 1. The van der Waals surface area contributed by atoms with Crippen LogP contribution in [0.4, 0.5) is 4.79 Å². The highest BCUT2D eigenvalue weighted by molar-refractivity contribution is 6.82. The fourth-order valence-electron chi connectivity index (χ4n) is 5.85. The third-order valence-corrected chi connectivity index (χ3v) is 12.3. The first-order valence-electron chi connectivity index (χ1n) is 13.8. The van der Waals surface area contributed by atoms with E-state index in [0.717, 1.165) is 36.0 Å². The molecule has 1 saturated carbocycles. The van der Waals surface area contributed by atoms with Crippen molar-refractivity contribution in [2.45, 2.75) is 89.1 Å². The Hall–Kier alpha value is -2.94. The van der Waals surface area contributed by atoms with E-state index < -0.39 is 19.7 Å². The smallest absolute Gasteiger partial charge is 0.319 e. The van der Waals surface area contributed by atoms with Crippen molar-refractivity contribution in [1.82, 2.24) is 15.5 Å². The number of rotatable bonds is 8. The van der Waals surface area contributed by atoms with E-state index in [4.69, 9.17) is 4.74 Å². The number of nitrogens with zero attached hydrogens (tertiary/aromatic N) is 2. The molecule has 8 nitrogen and oxygen atoms in total. The van der Waals surface area contributed by atoms with Crippen LogP contribution in [0.15, 0.2) is 46.5 Å². The van der Waals surface area contributed by atoms with Crippen molar-refractivity contribution in [3.63, 3.8) is 0 Å². The standard InChI is InChI=1S/C29H42N4O4Si/c1-7-12-24(34)37-19-23(20-13-9-8-10-14-20)31-27(36)33-18-21-22(28(33,2)3)17-30-25(21)32-26(35)29(15-11-16-29)38(4,5)6/h8-10,13-14,23H,7,11-12,15-19H2,1-6H3,(H,31,36)(H,30,32,35)/t23-/m1/s1. The van der Waals surface area contributed by atoms with Gasteiger partial charge in [-0.15, -0.1) is 0 Å². The molecule has 0 saturated heterocycles. The third-order valence-electron chi connectivity index (χ3n) is 8.69. The Balaban J connectivity index is 1.47. The van der Waals surface area contributed by atoms with Gasteiger partial charge in [0.15, 0.2) is 0 Å². The first kappa shape index (κ1) is 28.1. The summed E-state index contributed by atoms with van der Waals surface area (Å²) in [5, 5.41) is 6.03. The second-order valence-corrected chi connectivity index (χ2v) is 17.7. The van der Waals surface area contributed by atoms with E-state index in [1.807, 2.05) is 51.1 Å². The number of amidine groups is 1. The summed E-state index contributed by atoms with van der Waals surface area (Å²) in [5.41, 5.74) is 2.30. The molecule has 3 amide bonds. The molecule has 1 aromatic carbocycles. The van der Waals surface area contributed by atoms with Gasteiger partial charge < -0.3 is 20.3 Å². The lowest BCUT2D eigenvalue weighted by atomic mass is 9.83. The topological polar surface area (TPSA) is 100 Å². The van der Waals surface area contributed by atoms with Gasteiger partial charge in [-0.1, -0.05) is 63.3 Å². The molecule has 206 valence electrons. The molecular weight excluding hydrogens is 496 g/mol. The fraction of sp³-hybridized carbons (Fsp3) is 0.586. The Morgan fingerprint density at radius 3 is 2.39 bits per heavy atom. The van der Waals surface area contributed by atoms with Crippen molar-refractivity contribution in [1.29, 1.82) is 0 Å². The molecule has 2 N–H and O–H groups in total. The van der Waals surface area contributed by atoms with Gasteiger partial charge in [-0.25, -0.2) is 4.79 Å². The van der Waals surface area contributed by atoms with E-state index in [1.165, 1.54) is 0 Å². The zero-order chi connectivity index (χ0) is 27.7. The molecular formula is C29H42N4O4Si. The van der Waals surface area contributed by atoms with Gasteiger partial charge in [0.25, 0.3) is 0 Å². The molecule has 38 heavy (non-hydrogen) atoms. The first-order chi connectivity index (χ1) is 17.9. The molecule has 1 aliphatic carbocycles. The summed E-state index contributed by atoms with van der Waals surface area (Å²) in [6.45, 7) is 13.7. The lowest BCUT2D eigenvalue weighted by Crippen LogP contribution is -2.55. The minimum Gasteiger partial charge on any atom is -0.463 e. The summed E-state index contributed by atoms with van der Waals surface area (Å²) < 4.78 is 5.48. The molecule has 3 aliphatic rings. The van der Waals surface area contributed by atoms with E-state index in [2.05, 4.69) is 35.3 Å². The van der Waals surface area contributed by atoms with Gasteiger partial charge >= 0.3 is 12.0 Å². The van der Waals surface area contributed by atoms with Crippen LogP contribution in [0.1, 0.15) is 64.5 Å². The van der Waals surface area contributed by atoms with E-state index in [0.29, 0.717) is 31.8 Å². The second-order valence-electron chi connectivity index (χ2n) is 12.3. The monoisotopic (exact) mass is 538 g/mol. The summed E-state index contributed by atoms with van der Waals surface area (Å²) in [4.78, 5) is 45.6. The number of amides is 3. The number of benzene rings is 1. The Labute approximate surface area is 227 Å². The van der Waals surface area contributed by atoms with Crippen LogP contribution in [-0.2, 0) is 14.3 Å². The van der Waals surface area contributed by atoms with Gasteiger partial charge in [-0.2, -0.15) is 0 Å². The van der Waals surface area contributed by atoms with Gasteiger partial charge in [0, 0.05) is 17.0 Å². The van der Waals surface area contributed by atoms with Crippen LogP contribution in [0.3, 0.4) is 0 Å². The van der Waals surface area contributed by atoms with Crippen LogP contribution < -0.4 is 10.6 Å². The maximum absolute atomic E-state index is 13.6. The number of nitrogens with one attached hydrogen (secondary N) is 2. The molecule has 9 heteroatoms. The quantitative estimate of drug-likeness (QED) is 0.361. The van der Waals surface area contributed by atoms with Crippen molar-refractivity contribution < 1.29 is 19.1 Å². The zero-order valence-corrected chi connectivity index (χ0v) is 24.6. The van der Waals surface area contributed by atoms with Crippen LogP contribution in [0.25, 0.3) is 0 Å². The molecule has 0 spiro atoms. The second kappa shape index (κ2) is 10.7. The van der Waals surface area contributed by atoms with E-state index in [-0.39, 0.29) is 29.6 Å². The highest BCUT2D eigenvalue weighted by Crippen LogP contribution is 2.55. The maximum Gasteiger partial charge on any atom is 0.319 e. The zero-order valence-electron chi connectivity index (χ0n) is 23.6. The third kappa shape index (κ3) is 5.17. The Morgan fingerprint density at radius 1 is 1.13 bits per heavy atom. The van der Waals surface area contributed by atoms with Crippen LogP contribution in [-0.4, -0.2) is 62.0 Å². The molecule has 0 unspecified atom stereocenters. The first-order valence-corrected chi connectivity index (χ1v) is 17.3. The number of hydrogen-bond acceptors (Lipinski definition) is 5. The minimum absolute atomic E-state index is 0.0670. The summed E-state index contributed by atoms with van der Waals surface area (Å²) in [5.74, 6) is 0.434. The molecule has 2 heterocycles. The molecule has 4 rings (SSSR count). The molecule has 2 aliphatic heterocycles. The van der Waals surface area contributed by atoms with Crippen LogP contribution in [0, 0.1) is 0 Å². The summed E-state index contributed by atoms with van der Waals surface area (Å²) >= 11 is 0. The van der Waals surface area contributed by atoms with Gasteiger partial charge in [0.2, 0.25) is 5.91 Å². The summed E-state index contributed by atoms with van der Waals surface area (Å²) in [7, 11) is -1.72. The predicted octanol–water partition coefficient (Wildman–Crippen LogP) is 4.96. The molecule has 1 atom stereocenters. The normalized spacial score (nSPS) is 20.3. The van der Waals surface area contributed by atoms with Crippen molar-refractivity contribution in [2.24, 2.45) is 4.99 Å². The van der Waals surface area contributed by atoms with E-state index in [1.54, 1.807) is 4.90 Å². The van der Waals surface area contributed by atoms with E-state index in [9.17, 15) is 14.4 Å². The predicted molar refractivity (Wildman–Crippen MR) is 152 cm³/mol. The summed E-state index contributed by atoms with van der Waals surface area (Å²) in [6, 6.07) is 8.83. The number of urea groups is 1. The Bertz CT molecular complexity index is 1150. The lowest BCUT2D eigenvalue weighted by molar-refractivity contribution is -0.144.